The molecule has 0 saturated carbocycles. The summed E-state index contributed by atoms with van der Waals surface area (Å²) in [6.45, 7) is 2.84. The van der Waals surface area contributed by atoms with Gasteiger partial charge < -0.3 is 14.0 Å². The highest BCUT2D eigenvalue weighted by Gasteiger charge is 2.47. The summed E-state index contributed by atoms with van der Waals surface area (Å²) in [6.07, 6.45) is 3.94. The minimum Gasteiger partial charge on any atom is -0.465 e. The van der Waals surface area contributed by atoms with Gasteiger partial charge in [0.15, 0.2) is 5.92 Å². The molecule has 156 valence electrons. The lowest BCUT2D eigenvalue weighted by atomic mass is 9.90. The summed E-state index contributed by atoms with van der Waals surface area (Å²) in [4.78, 5) is 37.0. The number of hydrogen-bond donors (Lipinski definition) is 0. The van der Waals surface area contributed by atoms with Crippen molar-refractivity contribution in [1.29, 1.82) is 0 Å². The zero-order chi connectivity index (χ0) is 21.1. The van der Waals surface area contributed by atoms with Crippen LogP contribution in [0.25, 0.3) is 11.0 Å². The number of anilines is 1. The lowest BCUT2D eigenvalue weighted by Gasteiger charge is -2.37. The maximum atomic E-state index is 13.6. The molecule has 1 aromatic carbocycles. The van der Waals surface area contributed by atoms with Crippen LogP contribution in [-0.2, 0) is 19.1 Å². The number of esters is 1. The molecule has 0 spiro atoms. The fourth-order valence-electron chi connectivity index (χ4n) is 3.99. The van der Waals surface area contributed by atoms with Gasteiger partial charge in [0.25, 0.3) is 0 Å². The summed E-state index contributed by atoms with van der Waals surface area (Å²) < 4.78 is 12.4. The van der Waals surface area contributed by atoms with E-state index < -0.39 is 17.9 Å². The van der Waals surface area contributed by atoms with Crippen molar-refractivity contribution in [3.63, 3.8) is 0 Å². The number of benzene rings is 1. The molecule has 1 aliphatic rings. The van der Waals surface area contributed by atoms with Crippen molar-refractivity contribution < 1.29 is 19.1 Å². The molecule has 0 aliphatic carbocycles. The van der Waals surface area contributed by atoms with Gasteiger partial charge in [-0.15, -0.1) is 0 Å². The monoisotopic (exact) mass is 408 g/mol. The van der Waals surface area contributed by atoms with E-state index in [1.807, 2.05) is 41.0 Å². The molecular formula is C22H24N4O4. The highest BCUT2D eigenvalue weighted by Crippen LogP contribution is 2.41. The van der Waals surface area contributed by atoms with Crippen molar-refractivity contribution in [2.45, 2.75) is 19.4 Å². The number of fused-ring (bicyclic) bond motifs is 3. The summed E-state index contributed by atoms with van der Waals surface area (Å²) in [5.74, 6) is -1.33. The molecule has 0 fully saturated rings. The number of hydrogen-bond acceptors (Lipinski definition) is 6. The van der Waals surface area contributed by atoms with Gasteiger partial charge in [0.1, 0.15) is 0 Å². The quantitative estimate of drug-likeness (QED) is 0.339. The second kappa shape index (κ2) is 8.62. The summed E-state index contributed by atoms with van der Waals surface area (Å²) >= 11 is 0. The van der Waals surface area contributed by atoms with Crippen molar-refractivity contribution in [1.82, 2.24) is 14.5 Å². The zero-order valence-corrected chi connectivity index (χ0v) is 17.0. The van der Waals surface area contributed by atoms with Crippen LogP contribution in [0.15, 0.2) is 48.8 Å². The smallest absolute Gasteiger partial charge is 0.321 e. The predicted octanol–water partition coefficient (Wildman–Crippen LogP) is 2.58. The molecular weight excluding hydrogens is 384 g/mol. The number of pyridine rings is 1. The van der Waals surface area contributed by atoms with Crippen molar-refractivity contribution in [3.8, 4) is 0 Å². The Morgan fingerprint density at radius 1 is 1.17 bits per heavy atom. The molecule has 4 rings (SSSR count). The van der Waals surface area contributed by atoms with Gasteiger partial charge in [-0.05, 0) is 43.2 Å². The fourth-order valence-corrected chi connectivity index (χ4v) is 3.99. The first kappa shape index (κ1) is 20.0. The minimum absolute atomic E-state index is 0.201. The lowest BCUT2D eigenvalue weighted by Crippen LogP contribution is -2.50. The third-order valence-electron chi connectivity index (χ3n) is 5.26. The van der Waals surface area contributed by atoms with E-state index in [4.69, 9.17) is 14.5 Å². The van der Waals surface area contributed by atoms with Gasteiger partial charge in [-0.25, -0.2) is 4.98 Å². The van der Waals surface area contributed by atoms with Crippen LogP contribution in [-0.4, -0.2) is 53.3 Å². The minimum atomic E-state index is -1.01. The topological polar surface area (TPSA) is 86.5 Å². The number of imidazole rings is 1. The van der Waals surface area contributed by atoms with Gasteiger partial charge in [-0.3, -0.25) is 19.5 Å². The van der Waals surface area contributed by atoms with Crippen molar-refractivity contribution >= 4 is 28.9 Å². The van der Waals surface area contributed by atoms with E-state index >= 15 is 0 Å². The standard InChI is InChI=1S/C22H24N4O4/c1-3-30-21(28)18-19(15-9-11-23-12-10-15)26-17-8-5-4-7-16(17)24-22(26)25(20(18)27)13-6-14-29-2/h4-5,7-12,18-19H,3,6,13-14H2,1-2H3/t18-,19+/m0/s1. The Balaban J connectivity index is 1.93. The summed E-state index contributed by atoms with van der Waals surface area (Å²) in [5.41, 5.74) is 2.42. The normalized spacial score (nSPS) is 18.5. The van der Waals surface area contributed by atoms with Crippen LogP contribution < -0.4 is 4.90 Å². The van der Waals surface area contributed by atoms with E-state index in [1.165, 1.54) is 0 Å². The third-order valence-corrected chi connectivity index (χ3v) is 5.26. The average Bonchev–Trinajstić information content (AvgIpc) is 3.14. The lowest BCUT2D eigenvalue weighted by molar-refractivity contribution is -0.153. The molecule has 8 nitrogen and oxygen atoms in total. The first-order valence-electron chi connectivity index (χ1n) is 10.0. The molecule has 30 heavy (non-hydrogen) atoms. The second-order valence-electron chi connectivity index (χ2n) is 7.06. The van der Waals surface area contributed by atoms with Crippen molar-refractivity contribution in [2.24, 2.45) is 5.92 Å². The van der Waals surface area contributed by atoms with E-state index in [1.54, 1.807) is 31.3 Å². The number of para-hydroxylation sites is 2. The molecule has 2 aromatic heterocycles. The van der Waals surface area contributed by atoms with E-state index in [2.05, 4.69) is 4.98 Å². The molecule has 0 radical (unpaired) electrons. The van der Waals surface area contributed by atoms with Gasteiger partial charge in [0.05, 0.1) is 23.7 Å². The van der Waals surface area contributed by atoms with Gasteiger partial charge >= 0.3 is 5.97 Å². The number of carbonyl (C=O) groups is 2. The van der Waals surface area contributed by atoms with Crippen LogP contribution in [0.5, 0.6) is 0 Å². The average molecular weight is 408 g/mol. The van der Waals surface area contributed by atoms with Crippen LogP contribution in [0.2, 0.25) is 0 Å². The number of methoxy groups -OCH3 is 1. The number of nitrogens with zero attached hydrogens (tertiary/aromatic N) is 4. The molecule has 3 aromatic rings. The van der Waals surface area contributed by atoms with Crippen molar-refractivity contribution in [2.75, 3.05) is 31.8 Å². The van der Waals surface area contributed by atoms with Crippen LogP contribution in [0.4, 0.5) is 5.95 Å². The van der Waals surface area contributed by atoms with Crippen LogP contribution in [0.3, 0.4) is 0 Å². The zero-order valence-electron chi connectivity index (χ0n) is 17.0. The Morgan fingerprint density at radius 3 is 2.67 bits per heavy atom. The van der Waals surface area contributed by atoms with E-state index in [0.29, 0.717) is 25.5 Å². The molecule has 0 saturated heterocycles. The van der Waals surface area contributed by atoms with E-state index in [9.17, 15) is 9.59 Å². The largest absolute Gasteiger partial charge is 0.465 e. The van der Waals surface area contributed by atoms with Crippen LogP contribution in [0.1, 0.15) is 24.9 Å². The molecule has 0 unspecified atom stereocenters. The number of aromatic nitrogens is 3. The van der Waals surface area contributed by atoms with Gasteiger partial charge in [0.2, 0.25) is 11.9 Å². The SMILES string of the molecule is CCOC(=O)[C@@H]1C(=O)N(CCCOC)c2nc3ccccc3n2[C@@H]1c1ccncc1. The number of rotatable bonds is 7. The second-order valence-corrected chi connectivity index (χ2v) is 7.06. The van der Waals surface area contributed by atoms with Gasteiger partial charge in [-0.2, -0.15) is 0 Å². The van der Waals surface area contributed by atoms with Crippen molar-refractivity contribution in [3.05, 3.63) is 54.4 Å². The molecule has 2 atom stereocenters. The number of ether oxygens (including phenoxy) is 2. The highest BCUT2D eigenvalue weighted by molar-refractivity contribution is 6.08. The van der Waals surface area contributed by atoms with Gasteiger partial charge in [0, 0.05) is 32.7 Å². The number of amides is 1. The predicted molar refractivity (Wildman–Crippen MR) is 111 cm³/mol. The van der Waals surface area contributed by atoms with Crippen LogP contribution >= 0.6 is 0 Å². The molecule has 3 heterocycles. The Hall–Kier alpha value is -3.26. The highest BCUT2D eigenvalue weighted by atomic mass is 16.5. The van der Waals surface area contributed by atoms with E-state index in [0.717, 1.165) is 16.6 Å². The summed E-state index contributed by atoms with van der Waals surface area (Å²) in [7, 11) is 1.62. The summed E-state index contributed by atoms with van der Waals surface area (Å²) in [6, 6.07) is 10.8. The fraction of sp³-hybridized carbons (Fsp3) is 0.364. The molecule has 0 bridgehead atoms. The Bertz CT molecular complexity index is 1050. The third kappa shape index (κ3) is 3.43. The summed E-state index contributed by atoms with van der Waals surface area (Å²) in [5, 5.41) is 0. The first-order valence-corrected chi connectivity index (χ1v) is 10.0. The maximum absolute atomic E-state index is 13.6. The van der Waals surface area contributed by atoms with E-state index in [-0.39, 0.29) is 12.5 Å². The Morgan fingerprint density at radius 2 is 1.93 bits per heavy atom. The maximum Gasteiger partial charge on any atom is 0.321 e. The van der Waals surface area contributed by atoms with Crippen LogP contribution in [0, 0.1) is 5.92 Å². The van der Waals surface area contributed by atoms with Gasteiger partial charge in [-0.1, -0.05) is 12.1 Å². The number of carbonyl (C=O) groups excluding carboxylic acids is 2. The molecule has 1 amide bonds. The Labute approximate surface area is 174 Å². The Kier molecular flexibility index (Phi) is 5.76. The molecule has 1 aliphatic heterocycles. The molecule has 8 heteroatoms. The first-order chi connectivity index (χ1) is 14.7. The molecule has 0 N–H and O–H groups in total.